The van der Waals surface area contributed by atoms with Crippen molar-refractivity contribution >= 4 is 29.2 Å². The van der Waals surface area contributed by atoms with Gasteiger partial charge in [0.25, 0.3) is 0 Å². The molecule has 0 aliphatic rings. The molecule has 0 atom stereocenters. The third kappa shape index (κ3) is 3.13. The molecule has 0 bridgehead atoms. The van der Waals surface area contributed by atoms with E-state index in [0.29, 0.717) is 17.2 Å². The van der Waals surface area contributed by atoms with E-state index in [2.05, 4.69) is 0 Å². The van der Waals surface area contributed by atoms with Crippen LogP contribution in [0.3, 0.4) is 0 Å². The van der Waals surface area contributed by atoms with Crippen molar-refractivity contribution in [2.75, 3.05) is 18.6 Å². The maximum Gasteiger partial charge on any atom is 0.249 e. The molecule has 18 heavy (non-hydrogen) atoms. The lowest BCUT2D eigenvalue weighted by Gasteiger charge is -2.18. The van der Waals surface area contributed by atoms with Crippen LogP contribution in [0, 0.1) is 0 Å². The SMILES string of the molecule is COc1cccc(N(Cl)C(=O)CC(C)=O)c1OC. The highest BCUT2D eigenvalue weighted by Gasteiger charge is 2.21. The smallest absolute Gasteiger partial charge is 0.249 e. The molecule has 0 spiro atoms. The fraction of sp³-hybridized carbons (Fsp3) is 0.333. The van der Waals surface area contributed by atoms with E-state index in [1.54, 1.807) is 18.2 Å². The number of anilines is 1. The van der Waals surface area contributed by atoms with Crippen LogP contribution >= 0.6 is 11.8 Å². The predicted molar refractivity (Wildman–Crippen MR) is 68.2 cm³/mol. The number of rotatable bonds is 5. The second kappa shape index (κ2) is 6.26. The van der Waals surface area contributed by atoms with Crippen LogP contribution in [0.4, 0.5) is 5.69 Å². The van der Waals surface area contributed by atoms with Crippen molar-refractivity contribution in [1.82, 2.24) is 0 Å². The molecule has 5 nitrogen and oxygen atoms in total. The minimum absolute atomic E-state index is 0.257. The molecule has 1 aromatic carbocycles. The van der Waals surface area contributed by atoms with Gasteiger partial charge in [0.05, 0.1) is 20.6 Å². The predicted octanol–water partition coefficient (Wildman–Crippen LogP) is 2.17. The Labute approximate surface area is 110 Å². The van der Waals surface area contributed by atoms with Gasteiger partial charge in [-0.05, 0) is 19.1 Å². The highest BCUT2D eigenvalue weighted by atomic mass is 35.5. The first-order valence-electron chi connectivity index (χ1n) is 5.20. The Hall–Kier alpha value is -1.75. The first-order chi connectivity index (χ1) is 8.51. The number of ketones is 1. The number of amides is 1. The van der Waals surface area contributed by atoms with Gasteiger partial charge in [0, 0.05) is 11.8 Å². The molecular weight excluding hydrogens is 258 g/mol. The summed E-state index contributed by atoms with van der Waals surface area (Å²) >= 11 is 5.91. The van der Waals surface area contributed by atoms with Gasteiger partial charge in [-0.15, -0.1) is 0 Å². The summed E-state index contributed by atoms with van der Waals surface area (Å²) in [6, 6.07) is 4.96. The second-order valence-electron chi connectivity index (χ2n) is 3.57. The number of nitrogens with zero attached hydrogens (tertiary/aromatic N) is 1. The van der Waals surface area contributed by atoms with Crippen LogP contribution in [0.25, 0.3) is 0 Å². The molecule has 0 saturated heterocycles. The molecule has 0 fully saturated rings. The van der Waals surface area contributed by atoms with E-state index in [1.807, 2.05) is 0 Å². The fourth-order valence-electron chi connectivity index (χ4n) is 1.44. The van der Waals surface area contributed by atoms with Gasteiger partial charge in [0.1, 0.15) is 11.5 Å². The normalized spacial score (nSPS) is 9.78. The Morgan fingerprint density at radius 2 is 1.94 bits per heavy atom. The average Bonchev–Trinajstić information content (AvgIpc) is 2.35. The van der Waals surface area contributed by atoms with Gasteiger partial charge >= 0.3 is 0 Å². The second-order valence-corrected chi connectivity index (χ2v) is 3.90. The van der Waals surface area contributed by atoms with E-state index in [-0.39, 0.29) is 12.2 Å². The van der Waals surface area contributed by atoms with Crippen molar-refractivity contribution < 1.29 is 19.1 Å². The Kier molecular flexibility index (Phi) is 4.97. The minimum atomic E-state index is -0.518. The molecule has 1 aromatic rings. The Morgan fingerprint density at radius 1 is 1.28 bits per heavy atom. The van der Waals surface area contributed by atoms with Crippen LogP contribution in [-0.4, -0.2) is 25.9 Å². The molecule has 6 heteroatoms. The lowest BCUT2D eigenvalue weighted by molar-refractivity contribution is -0.124. The molecular formula is C12H14ClNO4. The number of para-hydroxylation sites is 1. The zero-order valence-electron chi connectivity index (χ0n) is 10.4. The summed E-state index contributed by atoms with van der Waals surface area (Å²) in [6.45, 7) is 1.32. The fourth-order valence-corrected chi connectivity index (χ4v) is 1.63. The summed E-state index contributed by atoms with van der Waals surface area (Å²) in [5, 5.41) is 0. The van der Waals surface area contributed by atoms with Crippen molar-refractivity contribution in [3.05, 3.63) is 18.2 Å². The number of hydrogen-bond donors (Lipinski definition) is 0. The van der Waals surface area contributed by atoms with E-state index >= 15 is 0 Å². The summed E-state index contributed by atoms with van der Waals surface area (Å²) in [7, 11) is 2.93. The summed E-state index contributed by atoms with van der Waals surface area (Å²) in [6.07, 6.45) is -0.260. The van der Waals surface area contributed by atoms with E-state index in [1.165, 1.54) is 21.1 Å². The Balaban J connectivity index is 3.08. The van der Waals surface area contributed by atoms with Gasteiger partial charge in [-0.2, -0.15) is 0 Å². The largest absolute Gasteiger partial charge is 0.493 e. The van der Waals surface area contributed by atoms with Crippen molar-refractivity contribution in [3.63, 3.8) is 0 Å². The molecule has 0 unspecified atom stereocenters. The molecule has 0 saturated carbocycles. The maximum atomic E-state index is 11.7. The highest BCUT2D eigenvalue weighted by molar-refractivity contribution is 6.38. The van der Waals surface area contributed by atoms with Gasteiger partial charge < -0.3 is 9.47 Å². The van der Waals surface area contributed by atoms with Crippen molar-refractivity contribution in [2.45, 2.75) is 13.3 Å². The number of ether oxygens (including phenoxy) is 2. The number of halogens is 1. The van der Waals surface area contributed by atoms with Gasteiger partial charge in [-0.3, -0.25) is 9.59 Å². The molecule has 0 radical (unpaired) electrons. The maximum absolute atomic E-state index is 11.7. The summed E-state index contributed by atoms with van der Waals surface area (Å²) in [5.41, 5.74) is 0.338. The lowest BCUT2D eigenvalue weighted by atomic mass is 10.2. The highest BCUT2D eigenvalue weighted by Crippen LogP contribution is 2.38. The number of carbonyl (C=O) groups excluding carboxylic acids is 2. The zero-order valence-corrected chi connectivity index (χ0v) is 11.2. The molecule has 0 heterocycles. The average molecular weight is 272 g/mol. The van der Waals surface area contributed by atoms with Crippen molar-refractivity contribution in [3.8, 4) is 11.5 Å². The number of methoxy groups -OCH3 is 2. The minimum Gasteiger partial charge on any atom is -0.493 e. The van der Waals surface area contributed by atoms with E-state index < -0.39 is 5.91 Å². The third-order valence-corrected chi connectivity index (χ3v) is 2.58. The number of carbonyl (C=O) groups is 2. The third-order valence-electron chi connectivity index (χ3n) is 2.21. The molecule has 0 aromatic heterocycles. The topological polar surface area (TPSA) is 55.8 Å². The number of Topliss-reactive ketones (excluding diaryl/α,β-unsaturated/α-hetero) is 1. The van der Waals surface area contributed by atoms with Gasteiger partial charge in [0.15, 0.2) is 11.5 Å². The molecule has 1 rings (SSSR count). The first kappa shape index (κ1) is 14.3. The van der Waals surface area contributed by atoms with Crippen molar-refractivity contribution in [2.24, 2.45) is 0 Å². The molecule has 0 N–H and O–H groups in total. The molecule has 98 valence electrons. The van der Waals surface area contributed by atoms with Crippen LogP contribution in [0.5, 0.6) is 11.5 Å². The van der Waals surface area contributed by atoms with Crippen LogP contribution in [0.2, 0.25) is 0 Å². The summed E-state index contributed by atoms with van der Waals surface area (Å²) < 4.78 is 11.1. The van der Waals surface area contributed by atoms with Crippen LogP contribution in [-0.2, 0) is 9.59 Å². The Morgan fingerprint density at radius 3 is 2.44 bits per heavy atom. The summed E-state index contributed by atoms with van der Waals surface area (Å²) in [4.78, 5) is 22.6. The monoisotopic (exact) mass is 271 g/mol. The first-order valence-corrected chi connectivity index (χ1v) is 5.54. The number of hydrogen-bond acceptors (Lipinski definition) is 4. The number of benzene rings is 1. The van der Waals surface area contributed by atoms with Crippen LogP contribution in [0.1, 0.15) is 13.3 Å². The lowest BCUT2D eigenvalue weighted by Crippen LogP contribution is -2.23. The molecule has 0 aliphatic carbocycles. The quantitative estimate of drug-likeness (QED) is 0.608. The Bertz CT molecular complexity index is 461. The van der Waals surface area contributed by atoms with Gasteiger partial charge in [-0.1, -0.05) is 6.07 Å². The van der Waals surface area contributed by atoms with E-state index in [0.717, 1.165) is 4.42 Å². The van der Waals surface area contributed by atoms with Crippen molar-refractivity contribution in [1.29, 1.82) is 0 Å². The van der Waals surface area contributed by atoms with Crippen LogP contribution in [0.15, 0.2) is 18.2 Å². The zero-order chi connectivity index (χ0) is 13.7. The summed E-state index contributed by atoms with van der Waals surface area (Å²) in [5.74, 6) is 0.0198. The molecule has 1 amide bonds. The van der Waals surface area contributed by atoms with E-state index in [4.69, 9.17) is 21.3 Å². The molecule has 0 aliphatic heterocycles. The van der Waals surface area contributed by atoms with Gasteiger partial charge in [-0.25, -0.2) is 4.42 Å². The van der Waals surface area contributed by atoms with E-state index in [9.17, 15) is 9.59 Å². The standard InChI is InChI=1S/C12H14ClNO4/c1-8(15)7-11(16)14(13)9-5-4-6-10(17-2)12(9)18-3/h4-6H,7H2,1-3H3. The van der Waals surface area contributed by atoms with Crippen LogP contribution < -0.4 is 13.9 Å². The van der Waals surface area contributed by atoms with Gasteiger partial charge in [0.2, 0.25) is 5.91 Å².